The maximum absolute atomic E-state index is 5.24. The molecule has 0 N–H and O–H groups in total. The van der Waals surface area contributed by atoms with Gasteiger partial charge in [-0.15, -0.1) is 0 Å². The zero-order valence-corrected chi connectivity index (χ0v) is 28.6. The molecule has 12 rings (SSSR count). The van der Waals surface area contributed by atoms with E-state index < -0.39 is 0 Å². The van der Waals surface area contributed by atoms with Crippen molar-refractivity contribution in [3.05, 3.63) is 176 Å². The number of nitrogens with zero attached hydrogens (tertiary/aromatic N) is 3. The van der Waals surface area contributed by atoms with Gasteiger partial charge in [-0.05, 0) is 84.9 Å². The van der Waals surface area contributed by atoms with E-state index >= 15 is 0 Å². The molecule has 0 saturated carbocycles. The number of hydrogen-bond acceptors (Lipinski definition) is 2. The lowest BCUT2D eigenvalue weighted by Crippen LogP contribution is -1.95. The number of hydrogen-bond donors (Lipinski definition) is 0. The smallest absolute Gasteiger partial charge is 0.160 e. The van der Waals surface area contributed by atoms with E-state index in [0.717, 1.165) is 39.2 Å². The van der Waals surface area contributed by atoms with Crippen LogP contribution in [0, 0.1) is 0 Å². The van der Waals surface area contributed by atoms with Crippen LogP contribution in [0.4, 0.5) is 0 Å². The lowest BCUT2D eigenvalue weighted by atomic mass is 9.90. The molecule has 0 atom stereocenters. The highest BCUT2D eigenvalue weighted by Crippen LogP contribution is 2.47. The number of para-hydroxylation sites is 1. The lowest BCUT2D eigenvalue weighted by molar-refractivity contribution is 1.19. The first-order chi connectivity index (χ1) is 26.3. The van der Waals surface area contributed by atoms with Crippen LogP contribution < -0.4 is 0 Å². The summed E-state index contributed by atoms with van der Waals surface area (Å²) in [7, 11) is 0. The second-order valence-corrected chi connectivity index (χ2v) is 14.1. The molecule has 3 heteroatoms. The Morgan fingerprint density at radius 3 is 1.92 bits per heavy atom. The van der Waals surface area contributed by atoms with Crippen LogP contribution in [0.5, 0.6) is 0 Å². The number of aromatic nitrogens is 3. The third-order valence-corrected chi connectivity index (χ3v) is 11.3. The van der Waals surface area contributed by atoms with Crippen molar-refractivity contribution in [2.75, 3.05) is 0 Å². The van der Waals surface area contributed by atoms with Gasteiger partial charge in [0, 0.05) is 38.4 Å². The summed E-state index contributed by atoms with van der Waals surface area (Å²) in [5.41, 5.74) is 7.57. The number of fused-ring (bicyclic) bond motifs is 9. The molecular formula is C50H29N3. The summed E-state index contributed by atoms with van der Waals surface area (Å²) in [4.78, 5) is 10.4. The van der Waals surface area contributed by atoms with E-state index in [1.54, 1.807) is 0 Å². The van der Waals surface area contributed by atoms with Gasteiger partial charge in [-0.2, -0.15) is 0 Å². The highest BCUT2D eigenvalue weighted by Gasteiger charge is 2.22. The van der Waals surface area contributed by atoms with Crippen LogP contribution in [0.3, 0.4) is 0 Å². The van der Waals surface area contributed by atoms with E-state index in [1.165, 1.54) is 75.7 Å². The van der Waals surface area contributed by atoms with Gasteiger partial charge in [0.25, 0.3) is 0 Å². The molecule has 3 nitrogen and oxygen atoms in total. The van der Waals surface area contributed by atoms with Crippen molar-refractivity contribution < 1.29 is 0 Å². The van der Waals surface area contributed by atoms with E-state index in [1.807, 2.05) is 6.07 Å². The summed E-state index contributed by atoms with van der Waals surface area (Å²) in [6.07, 6.45) is 0. The van der Waals surface area contributed by atoms with Crippen molar-refractivity contribution in [2.45, 2.75) is 0 Å². The average molecular weight is 672 g/mol. The van der Waals surface area contributed by atoms with Gasteiger partial charge in [0.1, 0.15) is 0 Å². The predicted octanol–water partition coefficient (Wildman–Crippen LogP) is 13.3. The molecule has 0 amide bonds. The Labute approximate surface area is 304 Å². The zero-order chi connectivity index (χ0) is 34.6. The summed E-state index contributed by atoms with van der Waals surface area (Å²) in [5.74, 6) is 0.729. The highest BCUT2D eigenvalue weighted by molar-refractivity contribution is 6.39. The summed E-state index contributed by atoms with van der Waals surface area (Å²) >= 11 is 0. The van der Waals surface area contributed by atoms with Gasteiger partial charge >= 0.3 is 0 Å². The van der Waals surface area contributed by atoms with E-state index in [0.29, 0.717) is 0 Å². The number of rotatable bonds is 3. The molecule has 0 spiro atoms. The van der Waals surface area contributed by atoms with Crippen molar-refractivity contribution >= 4 is 86.6 Å². The van der Waals surface area contributed by atoms with Crippen LogP contribution in [0.15, 0.2) is 176 Å². The van der Waals surface area contributed by atoms with Gasteiger partial charge in [0.2, 0.25) is 0 Å². The van der Waals surface area contributed by atoms with Gasteiger partial charge in [0.15, 0.2) is 5.82 Å². The summed E-state index contributed by atoms with van der Waals surface area (Å²) < 4.78 is 2.48. The fourth-order valence-corrected chi connectivity index (χ4v) is 8.95. The minimum atomic E-state index is 0.729. The van der Waals surface area contributed by atoms with Crippen molar-refractivity contribution in [2.24, 2.45) is 0 Å². The predicted molar refractivity (Wildman–Crippen MR) is 223 cm³/mol. The Hall–Kier alpha value is -7.10. The Morgan fingerprint density at radius 2 is 1.02 bits per heavy atom. The van der Waals surface area contributed by atoms with Gasteiger partial charge < -0.3 is 4.57 Å². The molecule has 0 radical (unpaired) electrons. The SMILES string of the molecule is c1ccc(-c2nc(-c3ccc4c(c3)c3cccc5c3c3c4c4ccccc4cc3n5-c3ccc4c(ccc5ccccc54)c3)nc3ccccc23)cc1. The van der Waals surface area contributed by atoms with Crippen LogP contribution in [0.25, 0.3) is 115 Å². The Bertz CT molecular complexity index is 3450. The summed E-state index contributed by atoms with van der Waals surface area (Å²) in [5, 5.41) is 16.2. The third-order valence-electron chi connectivity index (χ3n) is 11.3. The third kappa shape index (κ3) is 4.05. The molecule has 2 aromatic heterocycles. The molecule has 10 aromatic carbocycles. The second-order valence-electron chi connectivity index (χ2n) is 14.1. The van der Waals surface area contributed by atoms with E-state index in [4.69, 9.17) is 9.97 Å². The van der Waals surface area contributed by atoms with Crippen molar-refractivity contribution in [1.82, 2.24) is 14.5 Å². The molecular weight excluding hydrogens is 643 g/mol. The molecule has 0 fully saturated rings. The van der Waals surface area contributed by atoms with E-state index in [9.17, 15) is 0 Å². The lowest BCUT2D eigenvalue weighted by Gasteiger charge is -2.14. The van der Waals surface area contributed by atoms with Crippen LogP contribution in [0.1, 0.15) is 0 Å². The van der Waals surface area contributed by atoms with Gasteiger partial charge in [-0.25, -0.2) is 9.97 Å². The van der Waals surface area contributed by atoms with Gasteiger partial charge in [-0.1, -0.05) is 140 Å². The summed E-state index contributed by atoms with van der Waals surface area (Å²) in [6.45, 7) is 0. The van der Waals surface area contributed by atoms with Crippen LogP contribution in [-0.4, -0.2) is 14.5 Å². The first kappa shape index (κ1) is 28.6. The fourth-order valence-electron chi connectivity index (χ4n) is 8.95. The van der Waals surface area contributed by atoms with Gasteiger partial charge in [0.05, 0.1) is 22.2 Å². The Morgan fingerprint density at radius 1 is 0.340 bits per heavy atom. The number of benzene rings is 10. The average Bonchev–Trinajstić information content (AvgIpc) is 3.56. The second kappa shape index (κ2) is 10.7. The van der Waals surface area contributed by atoms with Crippen LogP contribution in [-0.2, 0) is 0 Å². The van der Waals surface area contributed by atoms with Crippen molar-refractivity contribution in [3.8, 4) is 28.3 Å². The summed E-state index contributed by atoms with van der Waals surface area (Å²) in [6, 6.07) is 63.7. The molecule has 244 valence electrons. The molecule has 0 bridgehead atoms. The maximum Gasteiger partial charge on any atom is 0.160 e. The minimum absolute atomic E-state index is 0.729. The molecule has 0 aliphatic rings. The van der Waals surface area contributed by atoms with Crippen molar-refractivity contribution in [3.63, 3.8) is 0 Å². The highest BCUT2D eigenvalue weighted by atomic mass is 15.0. The Balaban J connectivity index is 1.17. The Kier molecular flexibility index (Phi) is 5.77. The molecule has 0 unspecified atom stereocenters. The van der Waals surface area contributed by atoms with Gasteiger partial charge in [-0.3, -0.25) is 0 Å². The van der Waals surface area contributed by atoms with Crippen LogP contribution in [0.2, 0.25) is 0 Å². The fraction of sp³-hybridized carbons (Fsp3) is 0. The monoisotopic (exact) mass is 671 g/mol. The normalized spacial score (nSPS) is 12.2. The first-order valence-corrected chi connectivity index (χ1v) is 18.2. The molecule has 12 aromatic rings. The van der Waals surface area contributed by atoms with E-state index in [2.05, 4.69) is 174 Å². The minimum Gasteiger partial charge on any atom is -0.309 e. The zero-order valence-electron chi connectivity index (χ0n) is 28.6. The standard InChI is InChI=1S/C50H29N3/c1-2-12-31(13-3-1)49-41-17-8-9-19-43(41)51-50(52-49)34-23-25-40-42(28-34)39-18-10-20-44-47(39)48-45(29-32-14-5-7-16-38(32)46(40)48)53(44)35-24-26-37-33(27-35)22-21-30-11-4-6-15-36(30)37/h1-29H. The van der Waals surface area contributed by atoms with E-state index in [-0.39, 0.29) is 0 Å². The first-order valence-electron chi connectivity index (χ1n) is 18.2. The largest absolute Gasteiger partial charge is 0.309 e. The molecule has 0 aliphatic carbocycles. The molecule has 0 saturated heterocycles. The molecule has 53 heavy (non-hydrogen) atoms. The quantitative estimate of drug-likeness (QED) is 0.175. The van der Waals surface area contributed by atoms with Crippen molar-refractivity contribution in [1.29, 1.82) is 0 Å². The topological polar surface area (TPSA) is 30.7 Å². The molecule has 0 aliphatic heterocycles. The molecule has 2 heterocycles. The maximum atomic E-state index is 5.24. The van der Waals surface area contributed by atoms with Crippen LogP contribution >= 0.6 is 0 Å².